The molecule has 2 nitrogen and oxygen atoms in total. The van der Waals surface area contributed by atoms with E-state index in [2.05, 4.69) is 37.7 Å². The van der Waals surface area contributed by atoms with Gasteiger partial charge in [-0.1, -0.05) is 11.8 Å². The lowest BCUT2D eigenvalue weighted by atomic mass is 10.2. The second kappa shape index (κ2) is 4.69. The number of aromatic nitrogens is 2. The highest BCUT2D eigenvalue weighted by molar-refractivity contribution is 9.10. The summed E-state index contributed by atoms with van der Waals surface area (Å²) in [6, 6.07) is 0. The van der Waals surface area contributed by atoms with Crippen molar-refractivity contribution in [3.63, 3.8) is 0 Å². The van der Waals surface area contributed by atoms with Crippen LogP contribution in [0.5, 0.6) is 0 Å². The number of hydrogen-bond donors (Lipinski definition) is 1. The number of aromatic amines is 1. The average Bonchev–Trinajstić information content (AvgIpc) is 2.63. The van der Waals surface area contributed by atoms with Gasteiger partial charge in [-0.3, -0.25) is 4.98 Å². The Bertz CT molecular complexity index is 536. The van der Waals surface area contributed by atoms with Crippen LogP contribution in [0.1, 0.15) is 12.0 Å². The summed E-state index contributed by atoms with van der Waals surface area (Å²) < 4.78 is 0.955. The number of alkyl halides is 1. The van der Waals surface area contributed by atoms with E-state index in [4.69, 9.17) is 11.6 Å². The largest absolute Gasteiger partial charge is 0.359 e. The van der Waals surface area contributed by atoms with Gasteiger partial charge in [-0.2, -0.15) is 0 Å². The summed E-state index contributed by atoms with van der Waals surface area (Å²) in [6.07, 6.45) is 6.14. The van der Waals surface area contributed by atoms with E-state index in [0.717, 1.165) is 20.9 Å². The van der Waals surface area contributed by atoms with Crippen molar-refractivity contribution in [2.45, 2.75) is 6.42 Å². The van der Waals surface area contributed by atoms with E-state index in [9.17, 15) is 0 Å². The molecule has 0 saturated carbocycles. The van der Waals surface area contributed by atoms with Gasteiger partial charge in [0.2, 0.25) is 0 Å². The normalized spacial score (nSPS) is 10.0. The van der Waals surface area contributed by atoms with E-state index in [1.807, 2.05) is 6.20 Å². The van der Waals surface area contributed by atoms with Gasteiger partial charge in [-0.15, -0.1) is 11.6 Å². The maximum atomic E-state index is 5.56. The number of fused-ring (bicyclic) bond motifs is 1. The van der Waals surface area contributed by atoms with Crippen molar-refractivity contribution in [2.75, 3.05) is 5.88 Å². The molecule has 0 fully saturated rings. The Hall–Kier alpha value is -0.980. The Labute approximate surface area is 101 Å². The first kappa shape index (κ1) is 10.5. The molecule has 0 aromatic carbocycles. The topological polar surface area (TPSA) is 28.7 Å². The smallest absolute Gasteiger partial charge is 0.0664 e. The molecule has 0 atom stereocenters. The summed E-state index contributed by atoms with van der Waals surface area (Å²) in [6.45, 7) is 0. The monoisotopic (exact) mass is 282 g/mol. The minimum absolute atomic E-state index is 0.568. The second-order valence-electron chi connectivity index (χ2n) is 2.99. The van der Waals surface area contributed by atoms with Crippen molar-refractivity contribution in [1.29, 1.82) is 0 Å². The molecule has 0 radical (unpaired) electrons. The minimum Gasteiger partial charge on any atom is -0.359 e. The molecule has 0 aliphatic rings. The highest BCUT2D eigenvalue weighted by Gasteiger charge is 2.04. The van der Waals surface area contributed by atoms with E-state index in [0.29, 0.717) is 12.3 Å². The Morgan fingerprint density at radius 1 is 1.47 bits per heavy atom. The summed E-state index contributed by atoms with van der Waals surface area (Å²) in [5.74, 6) is 6.67. The van der Waals surface area contributed by atoms with Crippen LogP contribution in [0.25, 0.3) is 10.9 Å². The van der Waals surface area contributed by atoms with Crippen LogP contribution in [-0.4, -0.2) is 15.8 Å². The predicted octanol–water partition coefficient (Wildman–Crippen LogP) is 3.31. The van der Waals surface area contributed by atoms with Crippen LogP contribution >= 0.6 is 27.5 Å². The number of pyridine rings is 1. The van der Waals surface area contributed by atoms with E-state index in [1.165, 1.54) is 0 Å². The Kier molecular flexibility index (Phi) is 3.30. The first-order valence-corrected chi connectivity index (χ1v) is 5.81. The zero-order valence-electron chi connectivity index (χ0n) is 7.85. The zero-order valence-corrected chi connectivity index (χ0v) is 10.2. The minimum atomic E-state index is 0.568. The number of H-pyrrole nitrogens is 1. The molecule has 0 unspecified atom stereocenters. The summed E-state index contributed by atoms with van der Waals surface area (Å²) in [5.41, 5.74) is 1.96. The molecule has 76 valence electrons. The lowest BCUT2D eigenvalue weighted by Crippen LogP contribution is -1.76. The van der Waals surface area contributed by atoms with E-state index < -0.39 is 0 Å². The van der Waals surface area contributed by atoms with Crippen LogP contribution in [0.2, 0.25) is 0 Å². The maximum absolute atomic E-state index is 5.56. The fraction of sp³-hybridized carbons (Fsp3) is 0.182. The third-order valence-electron chi connectivity index (χ3n) is 1.98. The van der Waals surface area contributed by atoms with Crippen molar-refractivity contribution in [2.24, 2.45) is 0 Å². The van der Waals surface area contributed by atoms with Crippen LogP contribution in [0.3, 0.4) is 0 Å². The van der Waals surface area contributed by atoms with Crippen LogP contribution in [0.15, 0.2) is 23.1 Å². The molecule has 0 aliphatic carbocycles. The molecular weight excluding hydrogens is 275 g/mol. The molecular formula is C11H8BrClN2. The van der Waals surface area contributed by atoms with Gasteiger partial charge >= 0.3 is 0 Å². The third kappa shape index (κ3) is 2.17. The molecule has 0 spiro atoms. The van der Waals surface area contributed by atoms with E-state index in [-0.39, 0.29) is 0 Å². The van der Waals surface area contributed by atoms with E-state index in [1.54, 1.807) is 12.4 Å². The quantitative estimate of drug-likeness (QED) is 0.631. The lowest BCUT2D eigenvalue weighted by Gasteiger charge is -1.93. The Morgan fingerprint density at radius 2 is 2.33 bits per heavy atom. The van der Waals surface area contributed by atoms with Gasteiger partial charge in [0, 0.05) is 34.6 Å². The first-order chi connectivity index (χ1) is 7.33. The van der Waals surface area contributed by atoms with Crippen LogP contribution in [0, 0.1) is 11.8 Å². The van der Waals surface area contributed by atoms with Crippen molar-refractivity contribution in [3.05, 3.63) is 28.6 Å². The molecule has 2 aromatic heterocycles. The third-order valence-corrected chi connectivity index (χ3v) is 2.77. The predicted molar refractivity (Wildman–Crippen MR) is 66.0 cm³/mol. The van der Waals surface area contributed by atoms with Gasteiger partial charge in [0.15, 0.2) is 0 Å². The van der Waals surface area contributed by atoms with Gasteiger partial charge in [0.25, 0.3) is 0 Å². The van der Waals surface area contributed by atoms with Crippen LogP contribution in [0.4, 0.5) is 0 Å². The molecule has 0 saturated heterocycles. The van der Waals surface area contributed by atoms with Gasteiger partial charge in [-0.05, 0) is 15.9 Å². The van der Waals surface area contributed by atoms with Gasteiger partial charge in [0.05, 0.1) is 17.3 Å². The highest BCUT2D eigenvalue weighted by Crippen LogP contribution is 2.24. The lowest BCUT2D eigenvalue weighted by molar-refractivity contribution is 1.29. The van der Waals surface area contributed by atoms with Gasteiger partial charge in [0.1, 0.15) is 0 Å². The summed E-state index contributed by atoms with van der Waals surface area (Å²) in [7, 11) is 0. The fourth-order valence-electron chi connectivity index (χ4n) is 1.34. The number of nitrogens with one attached hydrogen (secondary N) is 1. The molecule has 0 amide bonds. The van der Waals surface area contributed by atoms with Crippen molar-refractivity contribution in [1.82, 2.24) is 9.97 Å². The van der Waals surface area contributed by atoms with Crippen molar-refractivity contribution >= 4 is 38.4 Å². The standard InChI is InChI=1S/C11H8BrClN2/c12-9-6-14-7-10-11(9)8(5-15-10)3-1-2-4-13/h5-7,15H,2,4H2. The Morgan fingerprint density at radius 3 is 3.13 bits per heavy atom. The van der Waals surface area contributed by atoms with Gasteiger partial charge < -0.3 is 4.98 Å². The molecule has 2 rings (SSSR count). The number of halogens is 2. The molecule has 4 heteroatoms. The molecule has 0 aliphatic heterocycles. The average molecular weight is 284 g/mol. The molecule has 1 N–H and O–H groups in total. The van der Waals surface area contributed by atoms with Gasteiger partial charge in [-0.25, -0.2) is 0 Å². The molecule has 2 aromatic rings. The first-order valence-electron chi connectivity index (χ1n) is 4.48. The fourth-order valence-corrected chi connectivity index (χ4v) is 1.98. The number of hydrogen-bond acceptors (Lipinski definition) is 1. The second-order valence-corrected chi connectivity index (χ2v) is 4.22. The van der Waals surface area contributed by atoms with Crippen LogP contribution in [-0.2, 0) is 0 Å². The summed E-state index contributed by atoms with van der Waals surface area (Å²) >= 11 is 9.02. The zero-order chi connectivity index (χ0) is 10.7. The van der Waals surface area contributed by atoms with E-state index >= 15 is 0 Å². The summed E-state index contributed by atoms with van der Waals surface area (Å²) in [4.78, 5) is 7.20. The SMILES string of the molecule is ClCCC#Cc1c[nH]c2cncc(Br)c12. The Balaban J connectivity index is 2.50. The molecule has 15 heavy (non-hydrogen) atoms. The molecule has 0 bridgehead atoms. The molecule has 2 heterocycles. The van der Waals surface area contributed by atoms with Crippen molar-refractivity contribution in [3.8, 4) is 11.8 Å². The maximum Gasteiger partial charge on any atom is 0.0664 e. The van der Waals surface area contributed by atoms with Crippen LogP contribution < -0.4 is 0 Å². The summed E-state index contributed by atoms with van der Waals surface area (Å²) in [5, 5.41) is 1.08. The number of rotatable bonds is 1. The van der Waals surface area contributed by atoms with Crippen molar-refractivity contribution < 1.29 is 0 Å². The number of nitrogens with zero attached hydrogens (tertiary/aromatic N) is 1. The highest BCUT2D eigenvalue weighted by atomic mass is 79.9.